The van der Waals surface area contributed by atoms with Gasteiger partial charge in [-0.3, -0.25) is 0 Å². The molecule has 0 N–H and O–H groups in total. The van der Waals surface area contributed by atoms with Gasteiger partial charge in [-0.05, 0) is 23.8 Å². The van der Waals surface area contributed by atoms with Crippen LogP contribution in [0.25, 0.3) is 10.2 Å². The summed E-state index contributed by atoms with van der Waals surface area (Å²) in [6.45, 7) is 0.871. The highest BCUT2D eigenvalue weighted by molar-refractivity contribution is 7.18. The van der Waals surface area contributed by atoms with Crippen molar-refractivity contribution in [2.24, 2.45) is 0 Å². The van der Waals surface area contributed by atoms with Gasteiger partial charge in [0, 0.05) is 11.6 Å². The fourth-order valence-electron chi connectivity index (χ4n) is 3.03. The average Bonchev–Trinajstić information content (AvgIpc) is 3.00. The van der Waals surface area contributed by atoms with Crippen molar-refractivity contribution in [2.75, 3.05) is 0 Å². The Balaban J connectivity index is 1.74. The van der Waals surface area contributed by atoms with Gasteiger partial charge in [-0.25, -0.2) is 0 Å². The minimum Gasteiger partial charge on any atom is -0.192 e. The van der Waals surface area contributed by atoms with Crippen molar-refractivity contribution in [3.05, 3.63) is 101 Å². The van der Waals surface area contributed by atoms with Crippen LogP contribution in [0, 0.1) is 11.3 Å². The number of thiazole rings is 1. The SMILES string of the molecule is N#Cc1ccc(Cc2sc3ccccc3[n+]2Cc2ccccc2)cc1. The molecule has 0 radical (unpaired) electrons. The molecule has 0 atom stereocenters. The number of aromatic nitrogens is 1. The maximum Gasteiger partial charge on any atom is 0.243 e. The Bertz CT molecular complexity index is 1040. The maximum absolute atomic E-state index is 8.97. The van der Waals surface area contributed by atoms with Crippen LogP contribution in [0.15, 0.2) is 78.9 Å². The van der Waals surface area contributed by atoms with Crippen LogP contribution in [-0.2, 0) is 13.0 Å². The van der Waals surface area contributed by atoms with Crippen LogP contribution in [0.5, 0.6) is 0 Å². The number of hydrogen-bond acceptors (Lipinski definition) is 2. The molecule has 2 nitrogen and oxygen atoms in total. The third kappa shape index (κ3) is 3.31. The highest BCUT2D eigenvalue weighted by Crippen LogP contribution is 2.23. The van der Waals surface area contributed by atoms with Crippen LogP contribution in [0.4, 0.5) is 0 Å². The van der Waals surface area contributed by atoms with E-state index in [2.05, 4.69) is 77.4 Å². The van der Waals surface area contributed by atoms with Crippen molar-refractivity contribution in [3.63, 3.8) is 0 Å². The van der Waals surface area contributed by atoms with Crippen LogP contribution in [-0.4, -0.2) is 0 Å². The number of nitriles is 1. The van der Waals surface area contributed by atoms with Gasteiger partial charge in [0.2, 0.25) is 10.5 Å². The first-order chi connectivity index (χ1) is 12.3. The summed E-state index contributed by atoms with van der Waals surface area (Å²) in [7, 11) is 0. The van der Waals surface area contributed by atoms with E-state index in [0.717, 1.165) is 13.0 Å². The number of rotatable bonds is 4. The highest BCUT2D eigenvalue weighted by Gasteiger charge is 2.20. The van der Waals surface area contributed by atoms with Gasteiger partial charge in [-0.1, -0.05) is 65.9 Å². The fraction of sp³-hybridized carbons (Fsp3) is 0.0909. The Labute approximate surface area is 151 Å². The van der Waals surface area contributed by atoms with Gasteiger partial charge in [-0.15, -0.1) is 0 Å². The van der Waals surface area contributed by atoms with Gasteiger partial charge in [0.25, 0.3) is 0 Å². The molecule has 0 aliphatic heterocycles. The number of nitrogens with zero attached hydrogens (tertiary/aromatic N) is 2. The van der Waals surface area contributed by atoms with Crippen LogP contribution in [0.3, 0.4) is 0 Å². The lowest BCUT2D eigenvalue weighted by molar-refractivity contribution is -0.665. The van der Waals surface area contributed by atoms with Crippen molar-refractivity contribution < 1.29 is 4.57 Å². The van der Waals surface area contributed by atoms with Crippen LogP contribution in [0.2, 0.25) is 0 Å². The van der Waals surface area contributed by atoms with Gasteiger partial charge in [0.15, 0.2) is 6.54 Å². The van der Waals surface area contributed by atoms with Gasteiger partial charge in [-0.2, -0.15) is 9.83 Å². The van der Waals surface area contributed by atoms with E-state index in [-0.39, 0.29) is 0 Å². The van der Waals surface area contributed by atoms with Crippen molar-refractivity contribution in [1.82, 2.24) is 0 Å². The molecule has 0 saturated heterocycles. The van der Waals surface area contributed by atoms with Crippen molar-refractivity contribution in [1.29, 1.82) is 5.26 Å². The molecule has 1 heterocycles. The molecule has 1 aromatic heterocycles. The summed E-state index contributed by atoms with van der Waals surface area (Å²) in [5.41, 5.74) is 4.52. The van der Waals surface area contributed by atoms with E-state index in [1.54, 1.807) is 0 Å². The Hall–Kier alpha value is -2.96. The monoisotopic (exact) mass is 341 g/mol. The quantitative estimate of drug-likeness (QED) is 0.494. The first-order valence-corrected chi connectivity index (χ1v) is 9.08. The van der Waals surface area contributed by atoms with Crippen molar-refractivity contribution >= 4 is 21.6 Å². The second-order valence-electron chi connectivity index (χ2n) is 6.02. The van der Waals surface area contributed by atoms with Crippen LogP contribution < -0.4 is 4.57 Å². The molecule has 3 aromatic carbocycles. The summed E-state index contributed by atoms with van der Waals surface area (Å²) < 4.78 is 3.72. The molecular weight excluding hydrogens is 324 g/mol. The third-order valence-corrected chi connectivity index (χ3v) is 5.47. The van der Waals surface area contributed by atoms with E-state index < -0.39 is 0 Å². The molecule has 0 unspecified atom stereocenters. The van der Waals surface area contributed by atoms with E-state index in [0.29, 0.717) is 5.56 Å². The molecule has 25 heavy (non-hydrogen) atoms. The Morgan fingerprint density at radius 1 is 0.800 bits per heavy atom. The molecule has 0 aliphatic rings. The lowest BCUT2D eigenvalue weighted by atomic mass is 10.1. The molecule has 0 amide bonds. The lowest BCUT2D eigenvalue weighted by Gasteiger charge is -2.01. The highest BCUT2D eigenvalue weighted by atomic mass is 32.1. The molecule has 0 fully saturated rings. The summed E-state index contributed by atoms with van der Waals surface area (Å²) in [5, 5.41) is 10.3. The lowest BCUT2D eigenvalue weighted by Crippen LogP contribution is -2.37. The molecule has 0 spiro atoms. The van der Waals surface area contributed by atoms with Gasteiger partial charge >= 0.3 is 0 Å². The first-order valence-electron chi connectivity index (χ1n) is 8.27. The maximum atomic E-state index is 8.97. The van der Waals surface area contributed by atoms with E-state index in [9.17, 15) is 0 Å². The predicted octanol–water partition coefficient (Wildman–Crippen LogP) is 4.70. The molecular formula is C22H17N2S+. The predicted molar refractivity (Wildman–Crippen MR) is 102 cm³/mol. The Morgan fingerprint density at radius 3 is 2.28 bits per heavy atom. The minimum atomic E-state index is 0.706. The summed E-state index contributed by atoms with van der Waals surface area (Å²) in [4.78, 5) is 0. The number of hydrogen-bond donors (Lipinski definition) is 0. The molecule has 4 rings (SSSR count). The minimum absolute atomic E-state index is 0.706. The molecule has 120 valence electrons. The molecule has 0 aliphatic carbocycles. The van der Waals surface area contributed by atoms with Crippen LogP contribution >= 0.6 is 11.3 Å². The summed E-state index contributed by atoms with van der Waals surface area (Å²) in [6.07, 6.45) is 0.873. The second-order valence-corrected chi connectivity index (χ2v) is 7.14. The summed E-state index contributed by atoms with van der Waals surface area (Å²) in [6, 6.07) is 29.2. The molecule has 0 saturated carbocycles. The number of benzene rings is 3. The van der Waals surface area contributed by atoms with E-state index in [1.165, 1.54) is 26.4 Å². The van der Waals surface area contributed by atoms with E-state index >= 15 is 0 Å². The standard InChI is InChI=1S/C22H17N2S/c23-15-18-12-10-17(11-13-18)14-22-24(16-19-6-2-1-3-7-19)20-8-4-5-9-21(20)25-22/h1-13H,14,16H2/q+1. The zero-order valence-corrected chi connectivity index (χ0v) is 14.5. The summed E-state index contributed by atoms with van der Waals surface area (Å²) >= 11 is 1.85. The topological polar surface area (TPSA) is 27.7 Å². The molecule has 4 aromatic rings. The summed E-state index contributed by atoms with van der Waals surface area (Å²) in [5.74, 6) is 0. The van der Waals surface area contributed by atoms with Crippen molar-refractivity contribution in [2.45, 2.75) is 13.0 Å². The number of fused-ring (bicyclic) bond motifs is 1. The van der Waals surface area contributed by atoms with Gasteiger partial charge in [0.05, 0.1) is 18.1 Å². The van der Waals surface area contributed by atoms with E-state index in [1.807, 2.05) is 23.5 Å². The third-order valence-electron chi connectivity index (χ3n) is 4.31. The fourth-order valence-corrected chi connectivity index (χ4v) is 4.22. The van der Waals surface area contributed by atoms with Crippen LogP contribution in [0.1, 0.15) is 21.7 Å². The average molecular weight is 341 g/mol. The molecule has 0 bridgehead atoms. The zero-order chi connectivity index (χ0) is 17.1. The first kappa shape index (κ1) is 15.6. The van der Waals surface area contributed by atoms with E-state index in [4.69, 9.17) is 5.26 Å². The van der Waals surface area contributed by atoms with Gasteiger partial charge in [0.1, 0.15) is 4.70 Å². The van der Waals surface area contributed by atoms with Crippen molar-refractivity contribution in [3.8, 4) is 6.07 Å². The van der Waals surface area contributed by atoms with Gasteiger partial charge < -0.3 is 0 Å². The second kappa shape index (κ2) is 6.88. The Morgan fingerprint density at radius 2 is 1.52 bits per heavy atom. The zero-order valence-electron chi connectivity index (χ0n) is 13.7. The number of para-hydroxylation sites is 1. The molecule has 3 heteroatoms. The normalized spacial score (nSPS) is 10.7. The smallest absolute Gasteiger partial charge is 0.192 e. The largest absolute Gasteiger partial charge is 0.243 e. The Kier molecular flexibility index (Phi) is 4.28.